The van der Waals surface area contributed by atoms with Gasteiger partial charge in [0.2, 0.25) is 5.91 Å². The van der Waals surface area contributed by atoms with Crippen LogP contribution in [-0.4, -0.2) is 58.7 Å². The smallest absolute Gasteiger partial charge is 0.263 e. The van der Waals surface area contributed by atoms with Gasteiger partial charge in [0.05, 0.1) is 18.8 Å². The minimum absolute atomic E-state index is 0.00746. The first-order valence-electron chi connectivity index (χ1n) is 11.3. The van der Waals surface area contributed by atoms with Crippen molar-refractivity contribution in [1.29, 1.82) is 0 Å². The van der Waals surface area contributed by atoms with Crippen LogP contribution < -0.4 is 10.2 Å². The van der Waals surface area contributed by atoms with Crippen LogP contribution in [0.25, 0.3) is 5.65 Å². The van der Waals surface area contributed by atoms with E-state index in [1.807, 2.05) is 28.9 Å². The van der Waals surface area contributed by atoms with Gasteiger partial charge in [0.15, 0.2) is 5.13 Å². The third-order valence-corrected chi connectivity index (χ3v) is 7.12. The van der Waals surface area contributed by atoms with E-state index < -0.39 is 0 Å². The number of nitrogens with one attached hydrogen (secondary N) is 1. The number of ether oxygens (including phenoxy) is 2. The number of hydrogen-bond acceptors (Lipinski definition) is 7. The summed E-state index contributed by atoms with van der Waals surface area (Å²) in [6, 6.07) is 3.85. The number of nitrogens with zero attached hydrogens (tertiary/aromatic N) is 4. The van der Waals surface area contributed by atoms with Gasteiger partial charge in [-0.25, -0.2) is 9.97 Å². The molecule has 2 aliphatic rings. The van der Waals surface area contributed by atoms with Crippen molar-refractivity contribution in [2.24, 2.45) is 5.92 Å². The predicted octanol–water partition coefficient (Wildman–Crippen LogP) is 2.66. The molecule has 0 saturated carbocycles. The first-order chi connectivity index (χ1) is 16.2. The van der Waals surface area contributed by atoms with Gasteiger partial charge in [0.25, 0.3) is 5.91 Å². The number of fused-ring (bicyclic) bond motifs is 1. The number of pyridine rings is 1. The minimum Gasteiger partial charge on any atom is -0.381 e. The van der Waals surface area contributed by atoms with E-state index in [2.05, 4.69) is 15.3 Å². The van der Waals surface area contributed by atoms with Gasteiger partial charge in [0, 0.05) is 50.9 Å². The fourth-order valence-corrected chi connectivity index (χ4v) is 5.10. The Balaban J connectivity index is 1.27. The third kappa shape index (κ3) is 5.07. The van der Waals surface area contributed by atoms with Crippen molar-refractivity contribution in [2.75, 3.05) is 31.3 Å². The molecule has 0 bridgehead atoms. The fraction of sp³-hybridized carbons (Fsp3) is 0.478. The molecule has 1 atom stereocenters. The highest BCUT2D eigenvalue weighted by molar-refractivity contribution is 7.17. The molecular formula is C23H27N5O4S. The maximum atomic E-state index is 13.3. The summed E-state index contributed by atoms with van der Waals surface area (Å²) in [7, 11) is 0. The molecule has 174 valence electrons. The summed E-state index contributed by atoms with van der Waals surface area (Å²) < 4.78 is 13.1. The number of anilines is 1. The quantitative estimate of drug-likeness (QED) is 0.571. The Labute approximate surface area is 195 Å². The standard InChI is InChI=1S/C23H27N5O4S/c29-21(25-12-16-3-4-20-24-7-8-27(20)14-16)19-13-26-23(33-19)28(15-18-2-1-9-32-18)22(30)17-5-10-31-11-6-17/h3-4,7-8,13-14,17-18H,1-2,5-6,9-12,15H2,(H,25,29)/t18-/m0/s1. The summed E-state index contributed by atoms with van der Waals surface area (Å²) >= 11 is 1.24. The number of thiazole rings is 1. The van der Waals surface area contributed by atoms with Crippen LogP contribution >= 0.6 is 11.3 Å². The lowest BCUT2D eigenvalue weighted by molar-refractivity contribution is -0.125. The first kappa shape index (κ1) is 22.0. The molecule has 2 amide bonds. The second-order valence-corrected chi connectivity index (χ2v) is 9.40. The molecule has 0 radical (unpaired) electrons. The zero-order chi connectivity index (χ0) is 22.6. The Hall–Kier alpha value is -2.82. The summed E-state index contributed by atoms with van der Waals surface area (Å²) in [6.07, 6.45) is 10.5. The molecule has 3 aromatic heterocycles. The van der Waals surface area contributed by atoms with Crippen molar-refractivity contribution < 1.29 is 19.1 Å². The Morgan fingerprint density at radius 1 is 1.18 bits per heavy atom. The van der Waals surface area contributed by atoms with Crippen LogP contribution in [0.1, 0.15) is 40.9 Å². The number of carbonyl (C=O) groups is 2. The van der Waals surface area contributed by atoms with E-state index in [0.717, 1.165) is 30.7 Å². The highest BCUT2D eigenvalue weighted by atomic mass is 32.1. The topological polar surface area (TPSA) is 98.1 Å². The number of amides is 2. The second-order valence-electron chi connectivity index (χ2n) is 8.39. The summed E-state index contributed by atoms with van der Waals surface area (Å²) in [5.41, 5.74) is 1.82. The third-order valence-electron chi connectivity index (χ3n) is 6.10. The molecule has 2 saturated heterocycles. The van der Waals surface area contributed by atoms with Crippen LogP contribution in [0.2, 0.25) is 0 Å². The number of carbonyl (C=O) groups excluding carboxylic acids is 2. The van der Waals surface area contributed by atoms with Gasteiger partial charge < -0.3 is 19.2 Å². The van der Waals surface area contributed by atoms with Gasteiger partial charge in [-0.2, -0.15) is 0 Å². The molecule has 2 fully saturated rings. The number of imidazole rings is 1. The molecular weight excluding hydrogens is 442 g/mol. The Kier molecular flexibility index (Phi) is 6.65. The average Bonchev–Trinajstić information content (AvgIpc) is 3.62. The Bertz CT molecular complexity index is 1120. The monoisotopic (exact) mass is 469 g/mol. The fourth-order valence-electron chi connectivity index (χ4n) is 4.25. The average molecular weight is 470 g/mol. The molecule has 0 aliphatic carbocycles. The maximum Gasteiger partial charge on any atom is 0.263 e. The van der Waals surface area contributed by atoms with E-state index in [1.165, 1.54) is 11.3 Å². The van der Waals surface area contributed by atoms with Crippen LogP contribution in [0.3, 0.4) is 0 Å². The number of rotatable bonds is 7. The van der Waals surface area contributed by atoms with Gasteiger partial charge in [-0.3, -0.25) is 14.5 Å². The van der Waals surface area contributed by atoms with Crippen LogP contribution in [0.15, 0.2) is 36.9 Å². The minimum atomic E-state index is -0.208. The van der Waals surface area contributed by atoms with Gasteiger partial charge in [0.1, 0.15) is 10.5 Å². The lowest BCUT2D eigenvalue weighted by atomic mass is 9.98. The van der Waals surface area contributed by atoms with Crippen molar-refractivity contribution in [3.05, 3.63) is 47.4 Å². The summed E-state index contributed by atoms with van der Waals surface area (Å²) in [4.78, 5) is 37.0. The van der Waals surface area contributed by atoms with Gasteiger partial charge in [-0.1, -0.05) is 17.4 Å². The van der Waals surface area contributed by atoms with Crippen LogP contribution in [0, 0.1) is 5.92 Å². The Morgan fingerprint density at radius 3 is 2.88 bits per heavy atom. The molecule has 0 unspecified atom stereocenters. The van der Waals surface area contributed by atoms with E-state index in [1.54, 1.807) is 17.3 Å². The van der Waals surface area contributed by atoms with E-state index in [0.29, 0.717) is 49.2 Å². The van der Waals surface area contributed by atoms with Gasteiger partial charge >= 0.3 is 0 Å². The van der Waals surface area contributed by atoms with Crippen LogP contribution in [0.5, 0.6) is 0 Å². The van der Waals surface area contributed by atoms with Crippen molar-refractivity contribution in [3.8, 4) is 0 Å². The highest BCUT2D eigenvalue weighted by Crippen LogP contribution is 2.28. The van der Waals surface area contributed by atoms with Gasteiger partial charge in [-0.15, -0.1) is 0 Å². The van der Waals surface area contributed by atoms with E-state index in [4.69, 9.17) is 9.47 Å². The molecule has 1 N–H and O–H groups in total. The summed E-state index contributed by atoms with van der Waals surface area (Å²) in [5.74, 6) is -0.247. The van der Waals surface area contributed by atoms with Crippen molar-refractivity contribution in [2.45, 2.75) is 38.3 Å². The number of hydrogen-bond donors (Lipinski definition) is 1. The SMILES string of the molecule is O=C(NCc1ccc2nccn2c1)c1cnc(N(C[C@@H]2CCCO2)C(=O)C2CCOCC2)s1. The van der Waals surface area contributed by atoms with Crippen LogP contribution in [0.4, 0.5) is 5.13 Å². The lowest BCUT2D eigenvalue weighted by Gasteiger charge is -2.29. The first-order valence-corrected chi connectivity index (χ1v) is 12.2. The molecule has 33 heavy (non-hydrogen) atoms. The maximum absolute atomic E-state index is 13.3. The van der Waals surface area contributed by atoms with Crippen LogP contribution in [-0.2, 0) is 20.8 Å². The lowest BCUT2D eigenvalue weighted by Crippen LogP contribution is -2.42. The molecule has 0 spiro atoms. The predicted molar refractivity (Wildman–Crippen MR) is 123 cm³/mol. The summed E-state index contributed by atoms with van der Waals surface area (Å²) in [5, 5.41) is 3.49. The molecule has 0 aromatic carbocycles. The molecule has 2 aliphatic heterocycles. The molecule has 5 heterocycles. The van der Waals surface area contributed by atoms with Crippen molar-refractivity contribution in [3.63, 3.8) is 0 Å². The molecule has 10 heteroatoms. The summed E-state index contributed by atoms with van der Waals surface area (Å²) in [6.45, 7) is 2.78. The van der Waals surface area contributed by atoms with Crippen molar-refractivity contribution >= 4 is 33.9 Å². The molecule has 3 aromatic rings. The Morgan fingerprint density at radius 2 is 2.06 bits per heavy atom. The largest absolute Gasteiger partial charge is 0.381 e. The normalized spacial score (nSPS) is 19.1. The van der Waals surface area contributed by atoms with E-state index >= 15 is 0 Å². The van der Waals surface area contributed by atoms with E-state index in [9.17, 15) is 9.59 Å². The number of aromatic nitrogens is 3. The van der Waals surface area contributed by atoms with E-state index in [-0.39, 0.29) is 23.8 Å². The highest BCUT2D eigenvalue weighted by Gasteiger charge is 2.32. The molecule has 5 rings (SSSR count). The second kappa shape index (κ2) is 9.98. The van der Waals surface area contributed by atoms with Crippen molar-refractivity contribution in [1.82, 2.24) is 19.7 Å². The van der Waals surface area contributed by atoms with Gasteiger partial charge in [-0.05, 0) is 37.3 Å². The zero-order valence-electron chi connectivity index (χ0n) is 18.3. The molecule has 9 nitrogen and oxygen atoms in total. The zero-order valence-corrected chi connectivity index (χ0v) is 19.1.